The molecule has 3 nitrogen and oxygen atoms in total. The Morgan fingerprint density at radius 1 is 1.53 bits per heavy atom. The van der Waals surface area contributed by atoms with Gasteiger partial charge < -0.3 is 10.2 Å². The molecule has 2 aliphatic rings. The van der Waals surface area contributed by atoms with Gasteiger partial charge in [0.2, 0.25) is 0 Å². The standard InChI is InChI=1S/C12H17N3/c1-9-3-2-6-15-11-4-5-13-7-10(11)14-8-12(9)15/h4-5,7,9,12,14H,2-3,6,8H2,1H3. The van der Waals surface area contributed by atoms with Crippen molar-refractivity contribution < 1.29 is 0 Å². The molecule has 3 rings (SSSR count). The molecule has 2 atom stereocenters. The smallest absolute Gasteiger partial charge is 0.0765 e. The molecule has 0 saturated carbocycles. The van der Waals surface area contributed by atoms with Gasteiger partial charge in [-0.2, -0.15) is 0 Å². The third-order valence-electron chi connectivity index (χ3n) is 3.72. The Morgan fingerprint density at radius 2 is 2.47 bits per heavy atom. The van der Waals surface area contributed by atoms with E-state index >= 15 is 0 Å². The van der Waals surface area contributed by atoms with Crippen LogP contribution in [-0.2, 0) is 0 Å². The lowest BCUT2D eigenvalue weighted by Crippen LogP contribution is -2.51. The molecule has 1 aromatic rings. The van der Waals surface area contributed by atoms with Crippen molar-refractivity contribution in [2.45, 2.75) is 25.8 Å². The van der Waals surface area contributed by atoms with E-state index in [1.54, 1.807) is 0 Å². The minimum absolute atomic E-state index is 0.675. The molecule has 0 aromatic carbocycles. The summed E-state index contributed by atoms with van der Waals surface area (Å²) >= 11 is 0. The van der Waals surface area contributed by atoms with Gasteiger partial charge in [0.1, 0.15) is 0 Å². The van der Waals surface area contributed by atoms with Crippen molar-refractivity contribution in [1.29, 1.82) is 0 Å². The predicted molar refractivity (Wildman–Crippen MR) is 62.3 cm³/mol. The maximum Gasteiger partial charge on any atom is 0.0765 e. The van der Waals surface area contributed by atoms with Crippen LogP contribution in [0, 0.1) is 5.92 Å². The molecule has 80 valence electrons. The minimum Gasteiger partial charge on any atom is -0.380 e. The molecule has 0 bridgehead atoms. The molecule has 0 radical (unpaired) electrons. The lowest BCUT2D eigenvalue weighted by Gasteiger charge is -2.45. The number of hydrogen-bond donors (Lipinski definition) is 1. The summed E-state index contributed by atoms with van der Waals surface area (Å²) in [6, 6.07) is 2.81. The zero-order valence-electron chi connectivity index (χ0n) is 9.11. The van der Waals surface area contributed by atoms with Crippen LogP contribution in [-0.4, -0.2) is 24.1 Å². The Hall–Kier alpha value is -1.25. The number of fused-ring (bicyclic) bond motifs is 3. The van der Waals surface area contributed by atoms with Gasteiger partial charge in [0.25, 0.3) is 0 Å². The first-order chi connectivity index (χ1) is 7.36. The number of rotatable bonds is 0. The fourth-order valence-electron chi connectivity index (χ4n) is 2.85. The molecule has 0 spiro atoms. The van der Waals surface area contributed by atoms with E-state index in [0.29, 0.717) is 6.04 Å². The Morgan fingerprint density at radius 3 is 3.40 bits per heavy atom. The highest BCUT2D eigenvalue weighted by molar-refractivity contribution is 5.71. The number of anilines is 2. The van der Waals surface area contributed by atoms with Gasteiger partial charge in [0.15, 0.2) is 0 Å². The van der Waals surface area contributed by atoms with Crippen LogP contribution in [0.5, 0.6) is 0 Å². The highest BCUT2D eigenvalue weighted by Gasteiger charge is 2.32. The number of nitrogens with zero attached hydrogens (tertiary/aromatic N) is 2. The van der Waals surface area contributed by atoms with E-state index in [-0.39, 0.29) is 0 Å². The summed E-state index contributed by atoms with van der Waals surface area (Å²) in [6.45, 7) is 4.64. The van der Waals surface area contributed by atoms with Crippen LogP contribution in [0.1, 0.15) is 19.8 Å². The van der Waals surface area contributed by atoms with Crippen LogP contribution in [0.3, 0.4) is 0 Å². The molecule has 3 heteroatoms. The highest BCUT2D eigenvalue weighted by Crippen LogP contribution is 2.36. The minimum atomic E-state index is 0.675. The van der Waals surface area contributed by atoms with Crippen LogP contribution < -0.4 is 10.2 Å². The second-order valence-corrected chi connectivity index (χ2v) is 4.65. The zero-order chi connectivity index (χ0) is 10.3. The first-order valence-electron chi connectivity index (χ1n) is 5.81. The average Bonchev–Trinajstić information content (AvgIpc) is 2.29. The molecule has 1 fully saturated rings. The Kier molecular flexibility index (Phi) is 2.04. The van der Waals surface area contributed by atoms with E-state index < -0.39 is 0 Å². The van der Waals surface area contributed by atoms with Crippen molar-refractivity contribution in [2.24, 2.45) is 5.92 Å². The molecular weight excluding hydrogens is 186 g/mol. The van der Waals surface area contributed by atoms with Gasteiger partial charge in [-0.1, -0.05) is 6.92 Å². The Labute approximate surface area is 90.5 Å². The van der Waals surface area contributed by atoms with E-state index in [2.05, 4.69) is 28.2 Å². The van der Waals surface area contributed by atoms with Crippen molar-refractivity contribution in [2.75, 3.05) is 23.3 Å². The van der Waals surface area contributed by atoms with Crippen LogP contribution in [0.4, 0.5) is 11.4 Å². The molecule has 0 aliphatic carbocycles. The Bertz CT molecular complexity index is 364. The monoisotopic (exact) mass is 203 g/mol. The van der Waals surface area contributed by atoms with E-state index in [0.717, 1.165) is 12.5 Å². The van der Waals surface area contributed by atoms with Crippen molar-refractivity contribution in [3.63, 3.8) is 0 Å². The van der Waals surface area contributed by atoms with Crippen molar-refractivity contribution >= 4 is 11.4 Å². The van der Waals surface area contributed by atoms with E-state index in [1.807, 2.05) is 12.4 Å². The van der Waals surface area contributed by atoms with Crippen LogP contribution in [0.2, 0.25) is 0 Å². The van der Waals surface area contributed by atoms with Gasteiger partial charge in [-0.25, -0.2) is 0 Å². The summed E-state index contributed by atoms with van der Waals surface area (Å²) in [5.74, 6) is 0.799. The number of nitrogens with one attached hydrogen (secondary N) is 1. The lowest BCUT2D eigenvalue weighted by molar-refractivity contribution is 0.350. The number of pyridine rings is 1. The topological polar surface area (TPSA) is 28.2 Å². The van der Waals surface area contributed by atoms with Crippen molar-refractivity contribution in [1.82, 2.24) is 4.98 Å². The summed E-state index contributed by atoms with van der Waals surface area (Å²) in [7, 11) is 0. The van der Waals surface area contributed by atoms with Gasteiger partial charge in [-0.15, -0.1) is 0 Å². The predicted octanol–water partition coefficient (Wildman–Crippen LogP) is 2.11. The van der Waals surface area contributed by atoms with E-state index in [4.69, 9.17) is 0 Å². The highest BCUT2D eigenvalue weighted by atomic mass is 15.2. The molecule has 2 aliphatic heterocycles. The molecule has 15 heavy (non-hydrogen) atoms. The van der Waals surface area contributed by atoms with Crippen molar-refractivity contribution in [3.8, 4) is 0 Å². The SMILES string of the molecule is CC1CCCN2c3ccncc3NCC12. The fourth-order valence-corrected chi connectivity index (χ4v) is 2.85. The Balaban J connectivity index is 1.99. The van der Waals surface area contributed by atoms with Crippen LogP contribution >= 0.6 is 0 Å². The van der Waals surface area contributed by atoms with Crippen LogP contribution in [0.25, 0.3) is 0 Å². The van der Waals surface area contributed by atoms with Gasteiger partial charge in [0.05, 0.1) is 17.6 Å². The molecule has 1 saturated heterocycles. The van der Waals surface area contributed by atoms with Gasteiger partial charge in [0, 0.05) is 25.3 Å². The molecule has 0 amide bonds. The zero-order valence-corrected chi connectivity index (χ0v) is 9.11. The van der Waals surface area contributed by atoms with Crippen molar-refractivity contribution in [3.05, 3.63) is 18.5 Å². The fraction of sp³-hybridized carbons (Fsp3) is 0.583. The maximum atomic E-state index is 4.17. The third-order valence-corrected chi connectivity index (χ3v) is 3.72. The van der Waals surface area contributed by atoms with E-state index in [9.17, 15) is 0 Å². The van der Waals surface area contributed by atoms with Gasteiger partial charge >= 0.3 is 0 Å². The molecule has 1 N–H and O–H groups in total. The second-order valence-electron chi connectivity index (χ2n) is 4.65. The first-order valence-corrected chi connectivity index (χ1v) is 5.81. The molecule has 2 unspecified atom stereocenters. The number of aromatic nitrogens is 1. The third kappa shape index (κ3) is 1.37. The second kappa shape index (κ2) is 3.40. The summed E-state index contributed by atoms with van der Waals surface area (Å²) in [5.41, 5.74) is 2.54. The number of piperidine rings is 1. The van der Waals surface area contributed by atoms with E-state index in [1.165, 1.54) is 30.8 Å². The normalized spacial score (nSPS) is 29.0. The lowest BCUT2D eigenvalue weighted by atomic mass is 9.89. The summed E-state index contributed by atoms with van der Waals surface area (Å²) in [5, 5.41) is 3.49. The summed E-state index contributed by atoms with van der Waals surface area (Å²) in [4.78, 5) is 6.72. The average molecular weight is 203 g/mol. The molecule has 3 heterocycles. The van der Waals surface area contributed by atoms with Gasteiger partial charge in [-0.05, 0) is 24.8 Å². The first kappa shape index (κ1) is 9.01. The summed E-state index contributed by atoms with van der Waals surface area (Å²) < 4.78 is 0. The molecular formula is C12H17N3. The largest absolute Gasteiger partial charge is 0.380 e. The summed E-state index contributed by atoms with van der Waals surface area (Å²) in [6.07, 6.45) is 6.51. The van der Waals surface area contributed by atoms with Crippen LogP contribution in [0.15, 0.2) is 18.5 Å². The number of hydrogen-bond acceptors (Lipinski definition) is 3. The quantitative estimate of drug-likeness (QED) is 0.700. The van der Waals surface area contributed by atoms with Gasteiger partial charge in [-0.3, -0.25) is 4.98 Å². The maximum absolute atomic E-state index is 4.17. The molecule has 1 aromatic heterocycles.